The van der Waals surface area contributed by atoms with E-state index in [1.165, 1.54) is 12.1 Å². The molecule has 9 rings (SSSR count). The maximum atomic E-state index is 17.1. The Kier molecular flexibility index (Phi) is 8.41. The number of thiophene rings is 1. The fraction of sp³-hybridized carbons (Fsp3) is 0.514. The molecule has 0 aliphatic carbocycles. The van der Waals surface area contributed by atoms with Crippen LogP contribution in [0.2, 0.25) is 5.02 Å². The van der Waals surface area contributed by atoms with Crippen LogP contribution in [0.25, 0.3) is 32.1 Å². The lowest BCUT2D eigenvalue weighted by molar-refractivity contribution is -0.146. The van der Waals surface area contributed by atoms with Crippen LogP contribution >= 0.6 is 22.9 Å². The number of benzene rings is 2. The number of aromatic nitrogens is 2. The molecule has 0 radical (unpaired) electrons. The van der Waals surface area contributed by atoms with Crippen molar-refractivity contribution in [3.63, 3.8) is 0 Å². The first-order valence-corrected chi connectivity index (χ1v) is 19.1. The number of hydrogen-bond acceptors (Lipinski definition) is 10. The van der Waals surface area contributed by atoms with Crippen molar-refractivity contribution in [1.29, 1.82) is 5.26 Å². The van der Waals surface area contributed by atoms with Crippen molar-refractivity contribution in [1.82, 2.24) is 19.8 Å². The highest BCUT2D eigenvalue weighted by Crippen LogP contribution is 2.46. The normalized spacial score (nSPS) is 26.4. The average Bonchev–Trinajstić information content (AvgIpc) is 3.85. The standard InChI is InChI=1S/C37H37ClF3N7O3S/c38-26-12-24-31(30(41)29(26)23-4-5-27(40)32-28(23)25(14-42)33(43)52-32)44-36(51-18-37-8-1-9-47(37)15-20(39)13-37)45-34(24)46-10-6-19(7-11-46)35(49)48-21-2-3-22(48)17-50-16-21/h4-5,12,19-22H,1-3,6-11,13,15-18,43H2/t20-,21?,22?,37+/m1/s1. The number of fused-ring (bicyclic) bond motifs is 5. The number of halogens is 4. The Bertz CT molecular complexity index is 2140. The summed E-state index contributed by atoms with van der Waals surface area (Å²) in [5.74, 6) is -0.923. The van der Waals surface area contributed by atoms with Crippen LogP contribution in [0.15, 0.2) is 18.2 Å². The molecule has 2 bridgehead atoms. The number of hydrogen-bond donors (Lipinski definition) is 1. The first kappa shape index (κ1) is 33.9. The first-order chi connectivity index (χ1) is 25.2. The van der Waals surface area contributed by atoms with Gasteiger partial charge in [0.05, 0.1) is 46.1 Å². The van der Waals surface area contributed by atoms with E-state index >= 15 is 4.39 Å². The van der Waals surface area contributed by atoms with E-state index in [9.17, 15) is 18.8 Å². The molecule has 272 valence electrons. The fourth-order valence-corrected chi connectivity index (χ4v) is 10.6. The van der Waals surface area contributed by atoms with Gasteiger partial charge in [-0.15, -0.1) is 11.3 Å². The first-order valence-electron chi connectivity index (χ1n) is 17.9. The molecule has 0 saturated carbocycles. The molecule has 2 aromatic heterocycles. The number of anilines is 2. The van der Waals surface area contributed by atoms with Gasteiger partial charge in [-0.05, 0) is 62.8 Å². The summed E-state index contributed by atoms with van der Waals surface area (Å²) in [6.07, 6.45) is 4.21. The minimum absolute atomic E-state index is 0.0263. The molecular weight excluding hydrogens is 715 g/mol. The van der Waals surface area contributed by atoms with Gasteiger partial charge in [-0.3, -0.25) is 9.69 Å². The van der Waals surface area contributed by atoms with Crippen LogP contribution in [0.5, 0.6) is 6.01 Å². The van der Waals surface area contributed by atoms with E-state index in [1.54, 1.807) is 6.07 Å². The molecule has 5 aliphatic rings. The lowest BCUT2D eigenvalue weighted by atomic mass is 9.94. The molecule has 2 unspecified atom stereocenters. The number of ether oxygens (including phenoxy) is 2. The summed E-state index contributed by atoms with van der Waals surface area (Å²) in [6.45, 7) is 3.43. The zero-order valence-electron chi connectivity index (χ0n) is 28.3. The number of amides is 1. The van der Waals surface area contributed by atoms with Crippen LogP contribution < -0.4 is 15.4 Å². The zero-order valence-corrected chi connectivity index (χ0v) is 29.9. The summed E-state index contributed by atoms with van der Waals surface area (Å²) < 4.78 is 58.7. The van der Waals surface area contributed by atoms with E-state index in [0.29, 0.717) is 63.3 Å². The SMILES string of the molecule is N#Cc1c(N)sc2c(F)ccc(-c3c(Cl)cc4c(N5CCC(C(=O)N6C7CCC6COC7)CC5)nc(OC[C@@]56CCCN5C[C@H](F)C6)nc4c3F)c12. The van der Waals surface area contributed by atoms with Crippen molar-refractivity contribution in [2.45, 2.75) is 68.7 Å². The summed E-state index contributed by atoms with van der Waals surface area (Å²) >= 11 is 7.81. The molecule has 4 aromatic rings. The number of nitrogen functional groups attached to an aromatic ring is 1. The molecule has 52 heavy (non-hydrogen) atoms. The number of carbonyl (C=O) groups is 1. The Hall–Kier alpha value is -3.90. The maximum Gasteiger partial charge on any atom is 0.319 e. The molecule has 15 heteroatoms. The molecule has 2 aromatic carbocycles. The zero-order chi connectivity index (χ0) is 35.9. The number of nitriles is 1. The van der Waals surface area contributed by atoms with Gasteiger partial charge < -0.3 is 25.0 Å². The van der Waals surface area contributed by atoms with Gasteiger partial charge in [0.1, 0.15) is 41.0 Å². The molecule has 1 amide bonds. The highest BCUT2D eigenvalue weighted by Gasteiger charge is 2.49. The van der Waals surface area contributed by atoms with Crippen molar-refractivity contribution in [3.8, 4) is 23.2 Å². The van der Waals surface area contributed by atoms with Gasteiger partial charge in [-0.2, -0.15) is 15.2 Å². The number of piperidine rings is 1. The molecule has 0 spiro atoms. The summed E-state index contributed by atoms with van der Waals surface area (Å²) in [6, 6.07) is 6.44. The van der Waals surface area contributed by atoms with Crippen LogP contribution in [0.3, 0.4) is 0 Å². The Labute approximate surface area is 307 Å². The van der Waals surface area contributed by atoms with Gasteiger partial charge in [0.15, 0.2) is 5.82 Å². The van der Waals surface area contributed by atoms with Crippen LogP contribution in [0, 0.1) is 28.9 Å². The molecule has 2 N–H and O–H groups in total. The third-order valence-electron chi connectivity index (χ3n) is 11.9. The minimum Gasteiger partial charge on any atom is -0.461 e. The molecule has 5 aliphatic heterocycles. The quantitative estimate of drug-likeness (QED) is 0.237. The second kappa shape index (κ2) is 12.9. The number of alkyl halides is 1. The van der Waals surface area contributed by atoms with Crippen LogP contribution in [-0.4, -0.2) is 95.5 Å². The Balaban J connectivity index is 1.10. The highest BCUT2D eigenvalue weighted by atomic mass is 35.5. The van der Waals surface area contributed by atoms with Crippen LogP contribution in [0.4, 0.5) is 24.0 Å². The Morgan fingerprint density at radius 2 is 1.92 bits per heavy atom. The maximum absolute atomic E-state index is 17.1. The predicted octanol–water partition coefficient (Wildman–Crippen LogP) is 6.46. The molecule has 4 atom stereocenters. The second-order valence-corrected chi connectivity index (χ2v) is 16.3. The van der Waals surface area contributed by atoms with Gasteiger partial charge in [0.2, 0.25) is 5.91 Å². The summed E-state index contributed by atoms with van der Waals surface area (Å²) in [5, 5.41) is 10.6. The van der Waals surface area contributed by atoms with Crippen LogP contribution in [0.1, 0.15) is 50.5 Å². The smallest absolute Gasteiger partial charge is 0.319 e. The lowest BCUT2D eigenvalue weighted by Crippen LogP contribution is -2.52. The minimum atomic E-state index is -0.951. The molecule has 5 saturated heterocycles. The third kappa shape index (κ3) is 5.37. The van der Waals surface area contributed by atoms with E-state index in [0.717, 1.165) is 43.6 Å². The molecule has 5 fully saturated rings. The molecule has 10 nitrogen and oxygen atoms in total. The van der Waals surface area contributed by atoms with E-state index < -0.39 is 23.3 Å². The average molecular weight is 752 g/mol. The number of rotatable bonds is 6. The topological polar surface area (TPSA) is 121 Å². The second-order valence-electron chi connectivity index (χ2n) is 14.8. The summed E-state index contributed by atoms with van der Waals surface area (Å²) in [7, 11) is 0. The van der Waals surface area contributed by atoms with Gasteiger partial charge in [-0.25, -0.2) is 13.2 Å². The fourth-order valence-electron chi connectivity index (χ4n) is 9.41. The number of morpholine rings is 1. The van der Waals surface area contributed by atoms with Crippen molar-refractivity contribution in [2.24, 2.45) is 5.92 Å². The van der Waals surface area contributed by atoms with Crippen molar-refractivity contribution >= 4 is 60.7 Å². The van der Waals surface area contributed by atoms with E-state index in [-0.39, 0.29) is 78.8 Å². The number of carbonyl (C=O) groups excluding carboxylic acids is 1. The van der Waals surface area contributed by atoms with Crippen molar-refractivity contribution in [3.05, 3.63) is 40.4 Å². The summed E-state index contributed by atoms with van der Waals surface area (Å²) in [4.78, 5) is 29.3. The Morgan fingerprint density at radius 3 is 2.67 bits per heavy atom. The molecule has 7 heterocycles. The predicted molar refractivity (Wildman–Crippen MR) is 192 cm³/mol. The van der Waals surface area contributed by atoms with Crippen LogP contribution in [-0.2, 0) is 9.53 Å². The molecular formula is C37H37ClF3N7O3S. The van der Waals surface area contributed by atoms with E-state index in [1.807, 2.05) is 11.0 Å². The van der Waals surface area contributed by atoms with E-state index in [2.05, 4.69) is 14.8 Å². The van der Waals surface area contributed by atoms with Crippen molar-refractivity contribution in [2.75, 3.05) is 56.6 Å². The van der Waals surface area contributed by atoms with Crippen molar-refractivity contribution < 1.29 is 27.4 Å². The third-order valence-corrected chi connectivity index (χ3v) is 13.2. The Morgan fingerprint density at radius 1 is 1.15 bits per heavy atom. The monoisotopic (exact) mass is 751 g/mol. The van der Waals surface area contributed by atoms with Gasteiger partial charge in [-0.1, -0.05) is 17.7 Å². The largest absolute Gasteiger partial charge is 0.461 e. The van der Waals surface area contributed by atoms with Gasteiger partial charge >= 0.3 is 6.01 Å². The highest BCUT2D eigenvalue weighted by molar-refractivity contribution is 7.23. The lowest BCUT2D eigenvalue weighted by Gasteiger charge is -2.39. The van der Waals surface area contributed by atoms with Gasteiger partial charge in [0, 0.05) is 48.3 Å². The number of nitrogens with zero attached hydrogens (tertiary/aromatic N) is 6. The number of nitrogens with two attached hydrogens (primary N) is 1. The van der Waals surface area contributed by atoms with E-state index in [4.69, 9.17) is 31.8 Å². The van der Waals surface area contributed by atoms with Gasteiger partial charge in [0.25, 0.3) is 0 Å². The summed E-state index contributed by atoms with van der Waals surface area (Å²) in [5.41, 5.74) is 5.76.